The highest BCUT2D eigenvalue weighted by Crippen LogP contribution is 2.17. The van der Waals surface area contributed by atoms with Crippen LogP contribution >= 0.6 is 0 Å². The molecule has 7 nitrogen and oxygen atoms in total. The van der Waals surface area contributed by atoms with Gasteiger partial charge in [0.1, 0.15) is 17.8 Å². The average molecular weight is 208 g/mol. The van der Waals surface area contributed by atoms with Gasteiger partial charge in [-0.2, -0.15) is 0 Å². The Hall–Kier alpha value is -1.02. The Bertz CT molecular complexity index is 224. The number of carboxylic acids is 1. The van der Waals surface area contributed by atoms with Crippen LogP contribution in [0.5, 0.6) is 0 Å². The molecule has 0 aromatic rings. The molecular formula is C7H12O7. The van der Waals surface area contributed by atoms with E-state index < -0.39 is 29.9 Å². The van der Waals surface area contributed by atoms with E-state index in [2.05, 4.69) is 0 Å². The van der Waals surface area contributed by atoms with Crippen LogP contribution in [-0.2, 0) is 9.59 Å². The zero-order valence-corrected chi connectivity index (χ0v) is 7.36. The van der Waals surface area contributed by atoms with Gasteiger partial charge in [-0.15, -0.1) is 0 Å². The van der Waals surface area contributed by atoms with Crippen LogP contribution in [0.2, 0.25) is 0 Å². The highest BCUT2D eigenvalue weighted by Gasteiger charge is 2.45. The van der Waals surface area contributed by atoms with Crippen molar-refractivity contribution in [2.24, 2.45) is 0 Å². The topological polar surface area (TPSA) is 135 Å². The Labute approximate surface area is 79.2 Å². The Morgan fingerprint density at radius 1 is 1.36 bits per heavy atom. The molecule has 0 aliphatic heterocycles. The van der Waals surface area contributed by atoms with Crippen molar-refractivity contribution in [1.82, 2.24) is 0 Å². The fraction of sp³-hybridized carbons (Fsp3) is 0.714. The third kappa shape index (κ3) is 2.48. The van der Waals surface area contributed by atoms with Crippen LogP contribution in [0.4, 0.5) is 0 Å². The molecule has 7 heteroatoms. The molecule has 5 N–H and O–H groups in total. The van der Waals surface area contributed by atoms with Gasteiger partial charge in [-0.25, -0.2) is 4.79 Å². The molecular weight excluding hydrogens is 196 g/mol. The first-order chi connectivity index (χ1) is 6.25. The van der Waals surface area contributed by atoms with E-state index >= 15 is 0 Å². The van der Waals surface area contributed by atoms with E-state index in [-0.39, 0.29) is 6.29 Å². The normalized spacial score (nSPS) is 21.8. The summed E-state index contributed by atoms with van der Waals surface area (Å²) in [5.74, 6) is -1.77. The zero-order chi connectivity index (χ0) is 11.5. The van der Waals surface area contributed by atoms with Gasteiger partial charge in [0.25, 0.3) is 0 Å². The van der Waals surface area contributed by atoms with Crippen LogP contribution in [0, 0.1) is 0 Å². The molecule has 82 valence electrons. The molecule has 4 atom stereocenters. The number of carbonyl (C=O) groups is 2. The molecule has 0 aromatic heterocycles. The van der Waals surface area contributed by atoms with E-state index in [4.69, 9.17) is 20.4 Å². The average Bonchev–Trinajstić information content (AvgIpc) is 2.13. The van der Waals surface area contributed by atoms with Crippen molar-refractivity contribution < 1.29 is 35.1 Å². The Morgan fingerprint density at radius 2 is 1.79 bits per heavy atom. The van der Waals surface area contributed by atoms with Crippen LogP contribution in [0.1, 0.15) is 6.92 Å². The predicted molar refractivity (Wildman–Crippen MR) is 42.3 cm³/mol. The number of aldehydes is 1. The summed E-state index contributed by atoms with van der Waals surface area (Å²) in [6.45, 7) is 0.795. The summed E-state index contributed by atoms with van der Waals surface area (Å²) >= 11 is 0. The molecule has 0 saturated heterocycles. The number of aliphatic carboxylic acids is 1. The molecule has 0 aliphatic rings. The summed E-state index contributed by atoms with van der Waals surface area (Å²) in [6, 6.07) is 0. The van der Waals surface area contributed by atoms with Crippen LogP contribution in [0.15, 0.2) is 0 Å². The van der Waals surface area contributed by atoms with Crippen LogP contribution in [0.25, 0.3) is 0 Å². The van der Waals surface area contributed by atoms with E-state index in [0.29, 0.717) is 0 Å². The molecule has 0 amide bonds. The van der Waals surface area contributed by atoms with Crippen molar-refractivity contribution >= 4 is 12.3 Å². The largest absolute Gasteiger partial charge is 0.479 e. The van der Waals surface area contributed by atoms with Gasteiger partial charge in [0.05, 0.1) is 0 Å². The molecule has 0 aliphatic carbocycles. The smallest absolute Gasteiger partial charge is 0.335 e. The fourth-order valence-corrected chi connectivity index (χ4v) is 0.832. The third-order valence-electron chi connectivity index (χ3n) is 1.85. The lowest BCUT2D eigenvalue weighted by Gasteiger charge is -2.32. The summed E-state index contributed by atoms with van der Waals surface area (Å²) in [5, 5.41) is 44.5. The molecule has 0 heterocycles. The summed E-state index contributed by atoms with van der Waals surface area (Å²) in [4.78, 5) is 20.3. The van der Waals surface area contributed by atoms with Crippen molar-refractivity contribution in [3.8, 4) is 0 Å². The second kappa shape index (κ2) is 4.47. The summed E-state index contributed by atoms with van der Waals surface area (Å²) in [6.07, 6.45) is -6.41. The number of hydrogen-bond donors (Lipinski definition) is 5. The highest BCUT2D eigenvalue weighted by atomic mass is 16.4. The van der Waals surface area contributed by atoms with Crippen molar-refractivity contribution in [1.29, 1.82) is 0 Å². The van der Waals surface area contributed by atoms with Gasteiger partial charge in [-0.05, 0) is 6.92 Å². The van der Waals surface area contributed by atoms with E-state index in [9.17, 15) is 14.7 Å². The van der Waals surface area contributed by atoms with Crippen molar-refractivity contribution in [3.05, 3.63) is 0 Å². The SMILES string of the molecule is C[C@@](O)([C@H](O)C(=O)O)[C@H](O)[C@@H](O)C=O. The van der Waals surface area contributed by atoms with Gasteiger partial charge in [0.2, 0.25) is 0 Å². The maximum Gasteiger partial charge on any atom is 0.335 e. The van der Waals surface area contributed by atoms with E-state index in [1.165, 1.54) is 0 Å². The Morgan fingerprint density at radius 3 is 2.07 bits per heavy atom. The first-order valence-corrected chi connectivity index (χ1v) is 3.69. The quantitative estimate of drug-likeness (QED) is 0.306. The van der Waals surface area contributed by atoms with Crippen molar-refractivity contribution in [2.45, 2.75) is 30.8 Å². The number of carbonyl (C=O) groups excluding carboxylic acids is 1. The molecule has 0 aromatic carbocycles. The lowest BCUT2D eigenvalue weighted by molar-refractivity contribution is -0.187. The van der Waals surface area contributed by atoms with Crippen LogP contribution in [-0.4, -0.2) is 61.7 Å². The number of carboxylic acid groups (broad SMARTS) is 1. The standard InChI is InChI=1S/C7H12O7/c1-7(14,5(11)6(12)13)4(10)3(9)2-8/h2-5,9-11,14H,1H3,(H,12,13)/t3-,4+,5+,7-/m0/s1. The minimum Gasteiger partial charge on any atom is -0.479 e. The molecule has 0 bridgehead atoms. The lowest BCUT2D eigenvalue weighted by Crippen LogP contribution is -2.57. The molecule has 0 rings (SSSR count). The van der Waals surface area contributed by atoms with Gasteiger partial charge >= 0.3 is 5.97 Å². The van der Waals surface area contributed by atoms with Crippen LogP contribution in [0.3, 0.4) is 0 Å². The summed E-state index contributed by atoms with van der Waals surface area (Å²) in [7, 11) is 0. The van der Waals surface area contributed by atoms with Gasteiger partial charge < -0.3 is 30.3 Å². The first kappa shape index (κ1) is 13.0. The van der Waals surface area contributed by atoms with E-state index in [0.717, 1.165) is 6.92 Å². The molecule has 0 spiro atoms. The minimum absolute atomic E-state index is 0.0757. The van der Waals surface area contributed by atoms with Gasteiger partial charge in [-0.3, -0.25) is 0 Å². The van der Waals surface area contributed by atoms with E-state index in [1.54, 1.807) is 0 Å². The number of rotatable bonds is 5. The minimum atomic E-state index is -2.51. The molecule has 0 fully saturated rings. The van der Waals surface area contributed by atoms with Gasteiger partial charge in [0.15, 0.2) is 12.4 Å². The first-order valence-electron chi connectivity index (χ1n) is 3.69. The molecule has 0 radical (unpaired) electrons. The second-order valence-corrected chi connectivity index (χ2v) is 3.04. The predicted octanol–water partition coefficient (Wildman–Crippen LogP) is -2.90. The van der Waals surface area contributed by atoms with Crippen LogP contribution < -0.4 is 0 Å². The number of aliphatic hydroxyl groups is 4. The second-order valence-electron chi connectivity index (χ2n) is 3.04. The van der Waals surface area contributed by atoms with Crippen molar-refractivity contribution in [3.63, 3.8) is 0 Å². The van der Waals surface area contributed by atoms with Gasteiger partial charge in [0, 0.05) is 0 Å². The maximum absolute atomic E-state index is 10.3. The molecule has 0 unspecified atom stereocenters. The number of aliphatic hydroxyl groups excluding tert-OH is 3. The Kier molecular flexibility index (Phi) is 4.14. The van der Waals surface area contributed by atoms with E-state index in [1.807, 2.05) is 0 Å². The lowest BCUT2D eigenvalue weighted by atomic mass is 9.89. The fourth-order valence-electron chi connectivity index (χ4n) is 0.832. The molecule has 14 heavy (non-hydrogen) atoms. The highest BCUT2D eigenvalue weighted by molar-refractivity contribution is 5.74. The van der Waals surface area contributed by atoms with Gasteiger partial charge in [-0.1, -0.05) is 0 Å². The zero-order valence-electron chi connectivity index (χ0n) is 7.36. The summed E-state index contributed by atoms with van der Waals surface area (Å²) in [5.41, 5.74) is -2.51. The Balaban J connectivity index is 4.75. The third-order valence-corrected chi connectivity index (χ3v) is 1.85. The number of hydrogen-bond acceptors (Lipinski definition) is 6. The maximum atomic E-state index is 10.3. The molecule has 0 saturated carbocycles. The summed E-state index contributed by atoms with van der Waals surface area (Å²) < 4.78 is 0. The monoisotopic (exact) mass is 208 g/mol. The van der Waals surface area contributed by atoms with Crippen molar-refractivity contribution in [2.75, 3.05) is 0 Å².